The summed E-state index contributed by atoms with van der Waals surface area (Å²) in [7, 11) is 0. The Balaban J connectivity index is 3.24. The lowest BCUT2D eigenvalue weighted by Crippen LogP contribution is -2.06. The SMILES string of the molecule is CC(O)CCC[C@@H](C)C(C)C. The van der Waals surface area contributed by atoms with Crippen molar-refractivity contribution in [2.24, 2.45) is 11.8 Å². The lowest BCUT2D eigenvalue weighted by Gasteiger charge is -2.15. The second-order valence-electron chi connectivity index (χ2n) is 4.00. The van der Waals surface area contributed by atoms with E-state index in [2.05, 4.69) is 20.8 Å². The molecular formula is C10H22O. The largest absolute Gasteiger partial charge is 0.393 e. The maximum absolute atomic E-state index is 9.00. The maximum Gasteiger partial charge on any atom is 0.0512 e. The predicted octanol–water partition coefficient (Wildman–Crippen LogP) is 2.83. The van der Waals surface area contributed by atoms with Gasteiger partial charge in [-0.2, -0.15) is 0 Å². The molecule has 0 fully saturated rings. The zero-order chi connectivity index (χ0) is 8.85. The Morgan fingerprint density at radius 2 is 1.55 bits per heavy atom. The topological polar surface area (TPSA) is 20.2 Å². The van der Waals surface area contributed by atoms with E-state index in [0.29, 0.717) is 0 Å². The fourth-order valence-electron chi connectivity index (χ4n) is 1.07. The molecule has 0 heterocycles. The minimum Gasteiger partial charge on any atom is -0.393 e. The highest BCUT2D eigenvalue weighted by Crippen LogP contribution is 2.17. The molecule has 0 aromatic carbocycles. The van der Waals surface area contributed by atoms with Crippen LogP contribution in [0.4, 0.5) is 0 Å². The molecule has 0 rings (SSSR count). The van der Waals surface area contributed by atoms with Crippen LogP contribution in [0, 0.1) is 11.8 Å². The molecule has 2 atom stereocenters. The summed E-state index contributed by atoms with van der Waals surface area (Å²) in [5, 5.41) is 9.00. The van der Waals surface area contributed by atoms with E-state index in [0.717, 1.165) is 24.7 Å². The molecule has 1 N–H and O–H groups in total. The van der Waals surface area contributed by atoms with Crippen LogP contribution in [0.2, 0.25) is 0 Å². The van der Waals surface area contributed by atoms with Crippen LogP contribution in [-0.4, -0.2) is 11.2 Å². The third kappa shape index (κ3) is 6.36. The first-order valence-corrected chi connectivity index (χ1v) is 4.72. The van der Waals surface area contributed by atoms with Gasteiger partial charge in [0.05, 0.1) is 6.10 Å². The average molecular weight is 158 g/mol. The van der Waals surface area contributed by atoms with Crippen molar-refractivity contribution in [1.82, 2.24) is 0 Å². The third-order valence-electron chi connectivity index (χ3n) is 2.42. The van der Waals surface area contributed by atoms with E-state index < -0.39 is 0 Å². The van der Waals surface area contributed by atoms with Crippen LogP contribution < -0.4 is 0 Å². The summed E-state index contributed by atoms with van der Waals surface area (Å²) in [6.45, 7) is 8.66. The van der Waals surface area contributed by atoms with Crippen LogP contribution in [0.1, 0.15) is 47.0 Å². The van der Waals surface area contributed by atoms with Crippen molar-refractivity contribution in [1.29, 1.82) is 0 Å². The number of rotatable bonds is 5. The van der Waals surface area contributed by atoms with Crippen molar-refractivity contribution in [3.05, 3.63) is 0 Å². The molecule has 0 aliphatic rings. The Labute approximate surface area is 70.8 Å². The molecule has 0 amide bonds. The number of aliphatic hydroxyl groups is 1. The smallest absolute Gasteiger partial charge is 0.0512 e. The van der Waals surface area contributed by atoms with Gasteiger partial charge in [-0.25, -0.2) is 0 Å². The fourth-order valence-corrected chi connectivity index (χ4v) is 1.07. The molecule has 1 nitrogen and oxygen atoms in total. The number of hydrogen-bond acceptors (Lipinski definition) is 1. The number of hydrogen-bond donors (Lipinski definition) is 1. The van der Waals surface area contributed by atoms with Crippen molar-refractivity contribution < 1.29 is 5.11 Å². The van der Waals surface area contributed by atoms with Crippen molar-refractivity contribution in [2.45, 2.75) is 53.1 Å². The normalized spacial score (nSPS) is 16.9. The Hall–Kier alpha value is -0.0400. The van der Waals surface area contributed by atoms with E-state index in [9.17, 15) is 0 Å². The molecule has 0 aliphatic heterocycles. The summed E-state index contributed by atoms with van der Waals surface area (Å²) in [5.41, 5.74) is 0. The van der Waals surface area contributed by atoms with E-state index >= 15 is 0 Å². The molecule has 0 saturated carbocycles. The maximum atomic E-state index is 9.00. The lowest BCUT2D eigenvalue weighted by molar-refractivity contribution is 0.176. The van der Waals surface area contributed by atoms with Crippen LogP contribution in [0.15, 0.2) is 0 Å². The highest BCUT2D eigenvalue weighted by atomic mass is 16.3. The van der Waals surface area contributed by atoms with E-state index in [-0.39, 0.29) is 6.10 Å². The van der Waals surface area contributed by atoms with Crippen molar-refractivity contribution in [2.75, 3.05) is 0 Å². The first-order chi connectivity index (χ1) is 5.04. The fraction of sp³-hybridized carbons (Fsp3) is 1.00. The zero-order valence-corrected chi connectivity index (χ0v) is 8.30. The van der Waals surface area contributed by atoms with Gasteiger partial charge in [-0.1, -0.05) is 33.6 Å². The highest BCUT2D eigenvalue weighted by molar-refractivity contribution is 4.58. The van der Waals surface area contributed by atoms with Gasteiger partial charge in [0.25, 0.3) is 0 Å². The van der Waals surface area contributed by atoms with Gasteiger partial charge in [0.2, 0.25) is 0 Å². The molecule has 11 heavy (non-hydrogen) atoms. The second kappa shape index (κ2) is 5.59. The first-order valence-electron chi connectivity index (χ1n) is 4.72. The van der Waals surface area contributed by atoms with Gasteiger partial charge in [-0.05, 0) is 25.2 Å². The van der Waals surface area contributed by atoms with Crippen LogP contribution in [-0.2, 0) is 0 Å². The van der Waals surface area contributed by atoms with E-state index in [4.69, 9.17) is 5.11 Å². The molecular weight excluding hydrogens is 136 g/mol. The molecule has 0 bridgehead atoms. The van der Waals surface area contributed by atoms with Crippen molar-refractivity contribution in [3.63, 3.8) is 0 Å². The monoisotopic (exact) mass is 158 g/mol. The molecule has 0 aliphatic carbocycles. The van der Waals surface area contributed by atoms with Gasteiger partial charge < -0.3 is 5.11 Å². The molecule has 0 radical (unpaired) electrons. The molecule has 0 spiro atoms. The lowest BCUT2D eigenvalue weighted by atomic mass is 9.92. The van der Waals surface area contributed by atoms with Gasteiger partial charge in [0.1, 0.15) is 0 Å². The number of aliphatic hydroxyl groups excluding tert-OH is 1. The quantitative estimate of drug-likeness (QED) is 0.652. The molecule has 1 heteroatoms. The summed E-state index contributed by atoms with van der Waals surface area (Å²) in [6.07, 6.45) is 3.26. The van der Waals surface area contributed by atoms with Gasteiger partial charge in [-0.15, -0.1) is 0 Å². The minimum absolute atomic E-state index is 0.116. The van der Waals surface area contributed by atoms with Gasteiger partial charge in [0, 0.05) is 0 Å². The molecule has 0 aromatic heterocycles. The Kier molecular flexibility index (Phi) is 5.57. The van der Waals surface area contributed by atoms with Crippen LogP contribution in [0.5, 0.6) is 0 Å². The second-order valence-corrected chi connectivity index (χ2v) is 4.00. The highest BCUT2D eigenvalue weighted by Gasteiger charge is 2.06. The standard InChI is InChI=1S/C10H22O/c1-8(2)9(3)6-5-7-10(4)11/h8-11H,5-7H2,1-4H3/t9-,10?/m1/s1. The van der Waals surface area contributed by atoms with Crippen molar-refractivity contribution >= 4 is 0 Å². The van der Waals surface area contributed by atoms with E-state index in [1.54, 1.807) is 0 Å². The van der Waals surface area contributed by atoms with Gasteiger partial charge in [0.15, 0.2) is 0 Å². The van der Waals surface area contributed by atoms with Crippen molar-refractivity contribution in [3.8, 4) is 0 Å². The van der Waals surface area contributed by atoms with Crippen LogP contribution in [0.3, 0.4) is 0 Å². The molecule has 0 aromatic rings. The summed E-state index contributed by atoms with van der Waals surface area (Å²) in [5.74, 6) is 1.58. The predicted molar refractivity (Wildman–Crippen MR) is 49.5 cm³/mol. The van der Waals surface area contributed by atoms with E-state index in [1.807, 2.05) is 6.92 Å². The Bertz CT molecular complexity index is 86.9. The summed E-state index contributed by atoms with van der Waals surface area (Å²) in [6, 6.07) is 0. The third-order valence-corrected chi connectivity index (χ3v) is 2.42. The minimum atomic E-state index is -0.116. The van der Waals surface area contributed by atoms with Crippen LogP contribution >= 0.6 is 0 Å². The molecule has 68 valence electrons. The van der Waals surface area contributed by atoms with Gasteiger partial charge in [-0.3, -0.25) is 0 Å². The first kappa shape index (κ1) is 11.0. The Morgan fingerprint density at radius 1 is 1.00 bits per heavy atom. The summed E-state index contributed by atoms with van der Waals surface area (Å²) >= 11 is 0. The van der Waals surface area contributed by atoms with E-state index in [1.165, 1.54) is 6.42 Å². The summed E-state index contributed by atoms with van der Waals surface area (Å²) in [4.78, 5) is 0. The van der Waals surface area contributed by atoms with Crippen LogP contribution in [0.25, 0.3) is 0 Å². The van der Waals surface area contributed by atoms with Gasteiger partial charge >= 0.3 is 0 Å². The summed E-state index contributed by atoms with van der Waals surface area (Å²) < 4.78 is 0. The zero-order valence-electron chi connectivity index (χ0n) is 8.30. The molecule has 0 saturated heterocycles. The molecule has 1 unspecified atom stereocenters. The Morgan fingerprint density at radius 3 is 1.91 bits per heavy atom. The average Bonchev–Trinajstić information content (AvgIpc) is 1.86.